The maximum absolute atomic E-state index is 12.2. The van der Waals surface area contributed by atoms with Crippen LogP contribution < -0.4 is 10.1 Å². The number of hydrogen-bond acceptors (Lipinski definition) is 6. The normalized spacial score (nSPS) is 10.4. The second-order valence-electron chi connectivity index (χ2n) is 6.36. The average molecular weight is 410 g/mol. The minimum absolute atomic E-state index is 0.0577. The SMILES string of the molecule is CCOc1ccc(C(=O)OCc2csc(CC(=O)Nc3ccc(C)cc3)n2)cc1. The number of nitrogens with one attached hydrogen (secondary N) is 1. The Morgan fingerprint density at radius 3 is 2.48 bits per heavy atom. The van der Waals surface area contributed by atoms with Crippen LogP contribution >= 0.6 is 11.3 Å². The number of aromatic nitrogens is 1. The van der Waals surface area contributed by atoms with E-state index in [4.69, 9.17) is 9.47 Å². The molecule has 0 aliphatic heterocycles. The summed E-state index contributed by atoms with van der Waals surface area (Å²) >= 11 is 1.37. The molecule has 0 radical (unpaired) electrons. The summed E-state index contributed by atoms with van der Waals surface area (Å²) in [6, 6.07) is 14.4. The van der Waals surface area contributed by atoms with Crippen molar-refractivity contribution in [2.24, 2.45) is 0 Å². The number of hydrogen-bond donors (Lipinski definition) is 1. The van der Waals surface area contributed by atoms with Gasteiger partial charge >= 0.3 is 5.97 Å². The number of benzene rings is 2. The van der Waals surface area contributed by atoms with E-state index in [1.165, 1.54) is 11.3 Å². The van der Waals surface area contributed by atoms with Crippen molar-refractivity contribution in [3.8, 4) is 5.75 Å². The summed E-state index contributed by atoms with van der Waals surface area (Å²) in [6.07, 6.45) is 0.172. The molecule has 2 aromatic carbocycles. The van der Waals surface area contributed by atoms with Gasteiger partial charge in [-0.25, -0.2) is 9.78 Å². The van der Waals surface area contributed by atoms with Gasteiger partial charge in [0, 0.05) is 11.1 Å². The maximum atomic E-state index is 12.2. The van der Waals surface area contributed by atoms with Crippen LogP contribution in [0.15, 0.2) is 53.9 Å². The Morgan fingerprint density at radius 2 is 1.79 bits per heavy atom. The van der Waals surface area contributed by atoms with Crippen LogP contribution in [0.3, 0.4) is 0 Å². The Morgan fingerprint density at radius 1 is 1.07 bits per heavy atom. The van der Waals surface area contributed by atoms with E-state index in [2.05, 4.69) is 10.3 Å². The fourth-order valence-corrected chi connectivity index (χ4v) is 3.33. The zero-order valence-corrected chi connectivity index (χ0v) is 17.1. The molecular formula is C22H22N2O4S. The first-order valence-corrected chi connectivity index (χ1v) is 10.1. The number of esters is 1. The van der Waals surface area contributed by atoms with Gasteiger partial charge in [-0.05, 0) is 50.2 Å². The van der Waals surface area contributed by atoms with Crippen LogP contribution in [0.5, 0.6) is 5.75 Å². The molecule has 1 N–H and O–H groups in total. The van der Waals surface area contributed by atoms with Gasteiger partial charge in [-0.15, -0.1) is 11.3 Å². The van der Waals surface area contributed by atoms with Crippen molar-refractivity contribution in [1.29, 1.82) is 0 Å². The number of nitrogens with zero attached hydrogens (tertiary/aromatic N) is 1. The highest BCUT2D eigenvalue weighted by Crippen LogP contribution is 2.16. The Labute approximate surface area is 173 Å². The van der Waals surface area contributed by atoms with Gasteiger partial charge in [-0.1, -0.05) is 17.7 Å². The van der Waals surface area contributed by atoms with Gasteiger partial charge in [0.2, 0.25) is 5.91 Å². The Bertz CT molecular complexity index is 965. The quantitative estimate of drug-likeness (QED) is 0.558. The molecule has 0 unspecified atom stereocenters. The molecule has 0 saturated carbocycles. The van der Waals surface area contributed by atoms with Gasteiger partial charge in [0.15, 0.2) is 0 Å². The third-order valence-corrected chi connectivity index (χ3v) is 4.90. The minimum Gasteiger partial charge on any atom is -0.494 e. The second-order valence-corrected chi connectivity index (χ2v) is 7.30. The van der Waals surface area contributed by atoms with Crippen LogP contribution in [-0.4, -0.2) is 23.5 Å². The first-order valence-electron chi connectivity index (χ1n) is 9.23. The molecule has 0 aliphatic rings. The van der Waals surface area contributed by atoms with Crippen molar-refractivity contribution in [2.45, 2.75) is 26.9 Å². The zero-order chi connectivity index (χ0) is 20.6. The van der Waals surface area contributed by atoms with Gasteiger partial charge in [-0.3, -0.25) is 4.79 Å². The fourth-order valence-electron chi connectivity index (χ4n) is 2.55. The Hall–Kier alpha value is -3.19. The van der Waals surface area contributed by atoms with E-state index in [1.807, 2.05) is 38.1 Å². The average Bonchev–Trinajstić information content (AvgIpc) is 3.16. The van der Waals surface area contributed by atoms with E-state index in [-0.39, 0.29) is 18.9 Å². The predicted molar refractivity (Wildman–Crippen MR) is 112 cm³/mol. The first-order chi connectivity index (χ1) is 14.0. The van der Waals surface area contributed by atoms with Crippen LogP contribution in [0.25, 0.3) is 0 Å². The molecule has 1 heterocycles. The van der Waals surface area contributed by atoms with Crippen molar-refractivity contribution >= 4 is 28.9 Å². The van der Waals surface area contributed by atoms with Crippen molar-refractivity contribution in [3.63, 3.8) is 0 Å². The Kier molecular flexibility index (Phi) is 6.97. The smallest absolute Gasteiger partial charge is 0.338 e. The molecule has 1 aromatic heterocycles. The number of ether oxygens (including phenoxy) is 2. The van der Waals surface area contributed by atoms with Crippen molar-refractivity contribution in [2.75, 3.05) is 11.9 Å². The predicted octanol–water partition coefficient (Wildman–Crippen LogP) is 4.39. The standard InChI is InChI=1S/C22H22N2O4S/c1-3-27-19-10-6-16(7-11-19)22(26)28-13-18-14-29-21(24-18)12-20(25)23-17-8-4-15(2)5-9-17/h4-11,14H,3,12-13H2,1-2H3,(H,23,25). The van der Waals surface area contributed by atoms with Crippen LogP contribution in [-0.2, 0) is 22.6 Å². The molecule has 0 saturated heterocycles. The number of carbonyl (C=O) groups excluding carboxylic acids is 2. The number of anilines is 1. The fraction of sp³-hybridized carbons (Fsp3) is 0.227. The van der Waals surface area contributed by atoms with Gasteiger partial charge in [0.05, 0.1) is 24.3 Å². The van der Waals surface area contributed by atoms with Gasteiger partial charge in [0.25, 0.3) is 0 Å². The topological polar surface area (TPSA) is 77.5 Å². The van der Waals surface area contributed by atoms with Crippen LogP contribution in [0.4, 0.5) is 5.69 Å². The number of carbonyl (C=O) groups is 2. The molecule has 6 nitrogen and oxygen atoms in total. The van der Waals surface area contributed by atoms with Crippen molar-refractivity contribution in [1.82, 2.24) is 4.98 Å². The van der Waals surface area contributed by atoms with Crippen LogP contribution in [0.1, 0.15) is 33.5 Å². The lowest BCUT2D eigenvalue weighted by atomic mass is 10.2. The van der Waals surface area contributed by atoms with Crippen molar-refractivity contribution in [3.05, 3.63) is 75.7 Å². The molecule has 0 spiro atoms. The number of aryl methyl sites for hydroxylation is 1. The lowest BCUT2D eigenvalue weighted by molar-refractivity contribution is -0.115. The molecule has 29 heavy (non-hydrogen) atoms. The lowest BCUT2D eigenvalue weighted by Crippen LogP contribution is -2.14. The third-order valence-electron chi connectivity index (χ3n) is 4.00. The van der Waals surface area contributed by atoms with E-state index in [1.54, 1.807) is 29.6 Å². The van der Waals surface area contributed by atoms with Crippen LogP contribution in [0, 0.1) is 6.92 Å². The molecule has 0 atom stereocenters. The van der Waals surface area contributed by atoms with E-state index in [0.29, 0.717) is 28.6 Å². The summed E-state index contributed by atoms with van der Waals surface area (Å²) in [5, 5.41) is 5.30. The van der Waals surface area contributed by atoms with Crippen LogP contribution in [0.2, 0.25) is 0 Å². The molecule has 3 rings (SSSR count). The molecule has 1 amide bonds. The number of amides is 1. The van der Waals surface area contributed by atoms with E-state index >= 15 is 0 Å². The summed E-state index contributed by atoms with van der Waals surface area (Å²) < 4.78 is 10.7. The molecule has 7 heteroatoms. The summed E-state index contributed by atoms with van der Waals surface area (Å²) in [5.74, 6) is 0.137. The summed E-state index contributed by atoms with van der Waals surface area (Å²) in [4.78, 5) is 28.7. The van der Waals surface area contributed by atoms with Gasteiger partial charge in [0.1, 0.15) is 17.4 Å². The molecular weight excluding hydrogens is 388 g/mol. The maximum Gasteiger partial charge on any atom is 0.338 e. The lowest BCUT2D eigenvalue weighted by Gasteiger charge is -2.05. The Balaban J connectivity index is 1.48. The van der Waals surface area contributed by atoms with E-state index in [0.717, 1.165) is 11.3 Å². The summed E-state index contributed by atoms with van der Waals surface area (Å²) in [6.45, 7) is 4.52. The highest BCUT2D eigenvalue weighted by molar-refractivity contribution is 7.09. The van der Waals surface area contributed by atoms with Crippen molar-refractivity contribution < 1.29 is 19.1 Å². The summed E-state index contributed by atoms with van der Waals surface area (Å²) in [5.41, 5.74) is 2.95. The molecule has 0 fully saturated rings. The third kappa shape index (κ3) is 6.15. The highest BCUT2D eigenvalue weighted by Gasteiger charge is 2.11. The highest BCUT2D eigenvalue weighted by atomic mass is 32.1. The first kappa shape index (κ1) is 20.5. The molecule has 0 aliphatic carbocycles. The number of rotatable bonds is 8. The van der Waals surface area contributed by atoms with E-state index < -0.39 is 5.97 Å². The molecule has 0 bridgehead atoms. The van der Waals surface area contributed by atoms with E-state index in [9.17, 15) is 9.59 Å². The largest absolute Gasteiger partial charge is 0.494 e. The summed E-state index contributed by atoms with van der Waals surface area (Å²) in [7, 11) is 0. The zero-order valence-electron chi connectivity index (χ0n) is 16.3. The number of thiazole rings is 1. The molecule has 150 valence electrons. The van der Waals surface area contributed by atoms with Gasteiger partial charge in [-0.2, -0.15) is 0 Å². The second kappa shape index (κ2) is 9.84. The van der Waals surface area contributed by atoms with Gasteiger partial charge < -0.3 is 14.8 Å². The molecule has 3 aromatic rings. The minimum atomic E-state index is -0.431. The monoisotopic (exact) mass is 410 g/mol.